The highest BCUT2D eigenvalue weighted by atomic mass is 19.1. The number of carbonyl (C=O) groups is 1. The molecule has 2 saturated carbocycles. The summed E-state index contributed by atoms with van der Waals surface area (Å²) < 4.78 is 15.7. The Hall–Kier alpha value is -2.17. The fourth-order valence-electron chi connectivity index (χ4n) is 4.62. The number of aryl methyl sites for hydroxylation is 2. The highest BCUT2D eigenvalue weighted by Crippen LogP contribution is 2.40. The van der Waals surface area contributed by atoms with Crippen LogP contribution >= 0.6 is 0 Å². The summed E-state index contributed by atoms with van der Waals surface area (Å²) in [4.78, 5) is 15.2. The lowest BCUT2D eigenvalue weighted by Crippen LogP contribution is -2.40. The maximum Gasteiger partial charge on any atom is 0.260 e. The monoisotopic (exact) mass is 369 g/mol. The van der Waals surface area contributed by atoms with Crippen molar-refractivity contribution < 1.29 is 9.18 Å². The lowest BCUT2D eigenvalue weighted by Gasteiger charge is -2.36. The van der Waals surface area contributed by atoms with Gasteiger partial charge in [0.25, 0.3) is 5.91 Å². The van der Waals surface area contributed by atoms with E-state index >= 15 is 0 Å². The normalized spacial score (nSPS) is 22.6. The van der Waals surface area contributed by atoms with Gasteiger partial charge in [0.2, 0.25) is 5.95 Å². The Kier molecular flexibility index (Phi) is 5.02. The van der Waals surface area contributed by atoms with Crippen LogP contribution in [-0.2, 0) is 7.05 Å². The van der Waals surface area contributed by atoms with E-state index in [-0.39, 0.29) is 17.5 Å². The molecular weight excluding hydrogens is 341 g/mol. The zero-order valence-corrected chi connectivity index (χ0v) is 16.2. The Bertz CT molecular complexity index is 812. The molecule has 5 heteroatoms. The Balaban J connectivity index is 1.58. The summed E-state index contributed by atoms with van der Waals surface area (Å²) in [5.41, 5.74) is 2.00. The first-order valence-electron chi connectivity index (χ1n) is 10.1. The number of halogens is 1. The van der Waals surface area contributed by atoms with Gasteiger partial charge in [-0.2, -0.15) is 9.49 Å². The molecule has 4 nitrogen and oxygen atoms in total. The molecule has 0 spiro atoms. The van der Waals surface area contributed by atoms with E-state index in [1.54, 1.807) is 14.0 Å². The molecule has 0 bridgehead atoms. The minimum Gasteiger partial charge on any atom is -0.335 e. The molecular formula is C22H28FN3O. The third kappa shape index (κ3) is 3.64. The van der Waals surface area contributed by atoms with E-state index in [9.17, 15) is 9.18 Å². The molecule has 0 saturated heterocycles. The minimum absolute atomic E-state index is 0.150. The van der Waals surface area contributed by atoms with Crippen molar-refractivity contribution in [3.05, 3.63) is 53.1 Å². The van der Waals surface area contributed by atoms with Crippen molar-refractivity contribution in [2.24, 2.45) is 13.0 Å². The highest BCUT2D eigenvalue weighted by molar-refractivity contribution is 5.95. The van der Waals surface area contributed by atoms with Gasteiger partial charge in [-0.05, 0) is 50.0 Å². The lowest BCUT2D eigenvalue weighted by molar-refractivity contribution is 0.0681. The van der Waals surface area contributed by atoms with Crippen molar-refractivity contribution in [1.82, 2.24) is 14.7 Å². The summed E-state index contributed by atoms with van der Waals surface area (Å²) in [5.74, 6) is 0.212. The van der Waals surface area contributed by atoms with E-state index in [0.717, 1.165) is 25.8 Å². The molecule has 2 atom stereocenters. The fourth-order valence-corrected chi connectivity index (χ4v) is 4.62. The van der Waals surface area contributed by atoms with Crippen molar-refractivity contribution in [3.8, 4) is 0 Å². The minimum atomic E-state index is -0.522. The average molecular weight is 369 g/mol. The molecule has 2 aromatic rings. The van der Waals surface area contributed by atoms with Crippen molar-refractivity contribution in [1.29, 1.82) is 0 Å². The third-order valence-electron chi connectivity index (χ3n) is 6.18. The van der Waals surface area contributed by atoms with Crippen LogP contribution in [0.25, 0.3) is 0 Å². The molecule has 144 valence electrons. The zero-order chi connectivity index (χ0) is 19.0. The first kappa shape index (κ1) is 18.2. The quantitative estimate of drug-likeness (QED) is 0.781. The molecule has 2 aliphatic carbocycles. The van der Waals surface area contributed by atoms with Crippen LogP contribution in [0.1, 0.15) is 66.1 Å². The molecule has 4 rings (SSSR count). The number of aromatic nitrogens is 2. The van der Waals surface area contributed by atoms with Gasteiger partial charge >= 0.3 is 0 Å². The topological polar surface area (TPSA) is 38.1 Å². The molecule has 1 aromatic carbocycles. The molecule has 0 aliphatic heterocycles. The summed E-state index contributed by atoms with van der Waals surface area (Å²) in [5, 5.41) is 4.10. The summed E-state index contributed by atoms with van der Waals surface area (Å²) in [6, 6.07) is 10.9. The Morgan fingerprint density at radius 1 is 1.19 bits per heavy atom. The Labute approximate surface area is 160 Å². The molecule has 1 aromatic heterocycles. The standard InChI is InChI=1S/C22H28FN3O/c1-15-20(21(23)25(2)24-15)22(27)26(18-12-13-18)14-17-10-6-7-11-19(17)16-8-4-3-5-9-16/h3-5,8-9,17-19H,6-7,10-14H2,1-2H3. The average Bonchev–Trinajstić information content (AvgIpc) is 3.48. The Morgan fingerprint density at radius 3 is 2.52 bits per heavy atom. The molecule has 2 unspecified atom stereocenters. The van der Waals surface area contributed by atoms with Crippen LogP contribution in [0.4, 0.5) is 4.39 Å². The van der Waals surface area contributed by atoms with Gasteiger partial charge in [-0.1, -0.05) is 43.2 Å². The van der Waals surface area contributed by atoms with E-state index in [2.05, 4.69) is 35.4 Å². The number of nitrogens with zero attached hydrogens (tertiary/aromatic N) is 3. The van der Waals surface area contributed by atoms with Gasteiger partial charge in [-0.25, -0.2) is 4.68 Å². The van der Waals surface area contributed by atoms with Gasteiger partial charge in [0, 0.05) is 19.6 Å². The van der Waals surface area contributed by atoms with E-state index in [1.165, 1.54) is 29.5 Å². The van der Waals surface area contributed by atoms with Crippen molar-refractivity contribution in [2.45, 2.75) is 57.4 Å². The SMILES string of the molecule is Cc1nn(C)c(F)c1C(=O)N(CC1CCCCC1c1ccccc1)C1CC1. The zero-order valence-electron chi connectivity index (χ0n) is 16.2. The smallest absolute Gasteiger partial charge is 0.260 e. The predicted molar refractivity (Wildman–Crippen MR) is 103 cm³/mol. The van der Waals surface area contributed by atoms with E-state index in [4.69, 9.17) is 0 Å². The molecule has 27 heavy (non-hydrogen) atoms. The summed E-state index contributed by atoms with van der Waals surface area (Å²) in [7, 11) is 1.55. The van der Waals surface area contributed by atoms with Gasteiger partial charge in [-0.3, -0.25) is 4.79 Å². The lowest BCUT2D eigenvalue weighted by atomic mass is 9.75. The molecule has 0 N–H and O–H groups in total. The number of hydrogen-bond acceptors (Lipinski definition) is 2. The highest BCUT2D eigenvalue weighted by Gasteiger charge is 2.39. The fraction of sp³-hybridized carbons (Fsp3) is 0.545. The van der Waals surface area contributed by atoms with Gasteiger partial charge in [-0.15, -0.1) is 0 Å². The molecule has 2 aliphatic rings. The molecule has 1 amide bonds. The number of carbonyl (C=O) groups excluding carboxylic acids is 1. The summed E-state index contributed by atoms with van der Waals surface area (Å²) >= 11 is 0. The second-order valence-corrected chi connectivity index (χ2v) is 8.13. The number of rotatable bonds is 5. The van der Waals surface area contributed by atoms with Gasteiger partial charge in [0.1, 0.15) is 5.56 Å². The van der Waals surface area contributed by atoms with Crippen molar-refractivity contribution in [2.75, 3.05) is 6.54 Å². The first-order chi connectivity index (χ1) is 13.1. The molecule has 0 radical (unpaired) electrons. The Morgan fingerprint density at radius 2 is 1.89 bits per heavy atom. The van der Waals surface area contributed by atoms with Crippen LogP contribution < -0.4 is 0 Å². The van der Waals surface area contributed by atoms with Crippen LogP contribution in [0.15, 0.2) is 30.3 Å². The predicted octanol–water partition coefficient (Wildman–Crippen LogP) is 4.45. The van der Waals surface area contributed by atoms with Crippen LogP contribution in [0.5, 0.6) is 0 Å². The first-order valence-corrected chi connectivity index (χ1v) is 10.1. The van der Waals surface area contributed by atoms with Gasteiger partial charge in [0.05, 0.1) is 5.69 Å². The second-order valence-electron chi connectivity index (χ2n) is 8.13. The third-order valence-corrected chi connectivity index (χ3v) is 6.18. The number of amides is 1. The number of hydrogen-bond donors (Lipinski definition) is 0. The molecule has 1 heterocycles. The van der Waals surface area contributed by atoms with Crippen LogP contribution in [0.2, 0.25) is 0 Å². The van der Waals surface area contributed by atoms with E-state index in [1.807, 2.05) is 4.90 Å². The van der Waals surface area contributed by atoms with Crippen molar-refractivity contribution in [3.63, 3.8) is 0 Å². The van der Waals surface area contributed by atoms with Crippen LogP contribution in [0, 0.1) is 18.8 Å². The summed E-state index contributed by atoms with van der Waals surface area (Å²) in [6.07, 6.45) is 6.79. The second kappa shape index (κ2) is 7.45. The van der Waals surface area contributed by atoms with Gasteiger partial charge in [0.15, 0.2) is 0 Å². The van der Waals surface area contributed by atoms with E-state index < -0.39 is 5.95 Å². The largest absolute Gasteiger partial charge is 0.335 e. The summed E-state index contributed by atoms with van der Waals surface area (Å²) in [6.45, 7) is 2.44. The van der Waals surface area contributed by atoms with Crippen LogP contribution in [0.3, 0.4) is 0 Å². The van der Waals surface area contributed by atoms with Crippen LogP contribution in [-0.4, -0.2) is 33.2 Å². The number of benzene rings is 1. The van der Waals surface area contributed by atoms with Crippen molar-refractivity contribution >= 4 is 5.91 Å². The molecule has 2 fully saturated rings. The maximum absolute atomic E-state index is 14.5. The maximum atomic E-state index is 14.5. The van der Waals surface area contributed by atoms with Gasteiger partial charge < -0.3 is 4.90 Å². The van der Waals surface area contributed by atoms with E-state index in [0.29, 0.717) is 17.5 Å².